The summed E-state index contributed by atoms with van der Waals surface area (Å²) >= 11 is 0. The van der Waals surface area contributed by atoms with Crippen molar-refractivity contribution in [2.24, 2.45) is 5.92 Å². The van der Waals surface area contributed by atoms with E-state index in [1.54, 1.807) is 9.80 Å². The zero-order valence-electron chi connectivity index (χ0n) is 12.6. The van der Waals surface area contributed by atoms with Gasteiger partial charge in [0, 0.05) is 25.9 Å². The number of amides is 2. The van der Waals surface area contributed by atoms with Gasteiger partial charge in [-0.05, 0) is 25.9 Å². The Morgan fingerprint density at radius 2 is 1.81 bits per heavy atom. The normalized spacial score (nSPS) is 23.8. The highest BCUT2D eigenvalue weighted by Gasteiger charge is 2.39. The molecule has 0 bridgehead atoms. The van der Waals surface area contributed by atoms with Crippen molar-refractivity contribution in [3.8, 4) is 0 Å². The Kier molecular flexibility index (Phi) is 5.17. The number of carbonyl (C=O) groups excluding carboxylic acids is 3. The number of piperidine rings is 1. The predicted molar refractivity (Wildman–Crippen MR) is 75.4 cm³/mol. The van der Waals surface area contributed by atoms with Gasteiger partial charge in [0.2, 0.25) is 11.8 Å². The lowest BCUT2D eigenvalue weighted by Gasteiger charge is -2.41. The Balaban J connectivity index is 2.10. The number of hydrogen-bond donors (Lipinski definition) is 1. The zero-order chi connectivity index (χ0) is 15.4. The lowest BCUT2D eigenvalue weighted by atomic mass is 9.95. The van der Waals surface area contributed by atoms with Gasteiger partial charge < -0.3 is 19.9 Å². The molecule has 0 aromatic carbocycles. The third-order valence-corrected chi connectivity index (χ3v) is 4.27. The van der Waals surface area contributed by atoms with Crippen LogP contribution in [0.2, 0.25) is 0 Å². The first-order valence-electron chi connectivity index (χ1n) is 7.39. The maximum absolute atomic E-state index is 12.6. The fraction of sp³-hybridized carbons (Fsp3) is 0.786. The molecular weight excluding hydrogens is 274 g/mol. The third kappa shape index (κ3) is 3.53. The third-order valence-electron chi connectivity index (χ3n) is 4.27. The van der Waals surface area contributed by atoms with Crippen molar-refractivity contribution in [2.45, 2.75) is 25.8 Å². The molecule has 0 aliphatic carbocycles. The van der Waals surface area contributed by atoms with Crippen LogP contribution in [-0.4, -0.2) is 73.5 Å². The van der Waals surface area contributed by atoms with Crippen LogP contribution in [0.1, 0.15) is 19.8 Å². The monoisotopic (exact) mass is 297 g/mol. The van der Waals surface area contributed by atoms with E-state index < -0.39 is 12.0 Å². The molecule has 2 aliphatic rings. The van der Waals surface area contributed by atoms with E-state index in [0.717, 1.165) is 25.9 Å². The van der Waals surface area contributed by atoms with Crippen LogP contribution in [0.15, 0.2) is 0 Å². The SMILES string of the molecule is COC(=O)[C@H]1CN(C(C)=O)CCN1C(=O)C1CCNCC1. The van der Waals surface area contributed by atoms with Crippen LogP contribution in [0.5, 0.6) is 0 Å². The molecule has 2 amide bonds. The van der Waals surface area contributed by atoms with Gasteiger partial charge >= 0.3 is 5.97 Å². The molecule has 2 heterocycles. The summed E-state index contributed by atoms with van der Waals surface area (Å²) in [6.45, 7) is 4.21. The minimum absolute atomic E-state index is 0.00935. The van der Waals surface area contributed by atoms with Crippen molar-refractivity contribution in [1.29, 1.82) is 0 Å². The Bertz CT molecular complexity index is 420. The topological polar surface area (TPSA) is 79.0 Å². The smallest absolute Gasteiger partial charge is 0.330 e. The number of rotatable bonds is 2. The summed E-state index contributed by atoms with van der Waals surface area (Å²) in [6.07, 6.45) is 1.58. The van der Waals surface area contributed by atoms with Crippen molar-refractivity contribution in [3.05, 3.63) is 0 Å². The fourth-order valence-electron chi connectivity index (χ4n) is 2.97. The molecule has 0 radical (unpaired) electrons. The van der Waals surface area contributed by atoms with Gasteiger partial charge in [-0.1, -0.05) is 0 Å². The number of nitrogens with zero attached hydrogens (tertiary/aromatic N) is 2. The van der Waals surface area contributed by atoms with Gasteiger partial charge in [0.05, 0.1) is 13.7 Å². The van der Waals surface area contributed by atoms with Crippen LogP contribution in [0.25, 0.3) is 0 Å². The Hall–Kier alpha value is -1.63. The summed E-state index contributed by atoms with van der Waals surface area (Å²) in [4.78, 5) is 39.3. The van der Waals surface area contributed by atoms with Crippen molar-refractivity contribution >= 4 is 17.8 Å². The summed E-state index contributed by atoms with van der Waals surface area (Å²) < 4.78 is 4.80. The molecule has 2 saturated heterocycles. The summed E-state index contributed by atoms with van der Waals surface area (Å²) in [6, 6.07) is -0.685. The molecular formula is C14H23N3O4. The highest BCUT2D eigenvalue weighted by Crippen LogP contribution is 2.20. The molecule has 0 aromatic rings. The predicted octanol–water partition coefficient (Wildman–Crippen LogP) is -0.782. The van der Waals surface area contributed by atoms with Gasteiger partial charge in [0.1, 0.15) is 6.04 Å². The van der Waals surface area contributed by atoms with Gasteiger partial charge in [-0.2, -0.15) is 0 Å². The molecule has 2 fully saturated rings. The maximum atomic E-state index is 12.6. The Labute approximate surface area is 124 Å². The van der Waals surface area contributed by atoms with E-state index in [2.05, 4.69) is 5.32 Å². The molecule has 0 unspecified atom stereocenters. The lowest BCUT2D eigenvalue weighted by Crippen LogP contribution is -2.60. The van der Waals surface area contributed by atoms with Crippen LogP contribution in [-0.2, 0) is 19.1 Å². The van der Waals surface area contributed by atoms with Crippen molar-refractivity contribution in [3.63, 3.8) is 0 Å². The van der Waals surface area contributed by atoms with E-state index in [9.17, 15) is 14.4 Å². The second kappa shape index (κ2) is 6.89. The number of nitrogens with one attached hydrogen (secondary N) is 1. The van der Waals surface area contributed by atoms with E-state index in [4.69, 9.17) is 4.74 Å². The van der Waals surface area contributed by atoms with Crippen LogP contribution in [0.3, 0.4) is 0 Å². The number of piperazine rings is 1. The van der Waals surface area contributed by atoms with Gasteiger partial charge in [-0.25, -0.2) is 4.79 Å². The van der Waals surface area contributed by atoms with E-state index in [1.165, 1.54) is 14.0 Å². The van der Waals surface area contributed by atoms with Gasteiger partial charge in [-0.3, -0.25) is 9.59 Å². The van der Waals surface area contributed by atoms with E-state index in [0.29, 0.717) is 13.1 Å². The van der Waals surface area contributed by atoms with Crippen LogP contribution in [0.4, 0.5) is 0 Å². The molecule has 0 spiro atoms. The molecule has 7 nitrogen and oxygen atoms in total. The van der Waals surface area contributed by atoms with Crippen LogP contribution in [0, 0.1) is 5.92 Å². The van der Waals surface area contributed by atoms with Crippen molar-refractivity contribution in [1.82, 2.24) is 15.1 Å². The van der Waals surface area contributed by atoms with E-state index in [-0.39, 0.29) is 24.3 Å². The van der Waals surface area contributed by atoms with Crippen LogP contribution >= 0.6 is 0 Å². The molecule has 21 heavy (non-hydrogen) atoms. The second-order valence-electron chi connectivity index (χ2n) is 5.56. The lowest BCUT2D eigenvalue weighted by molar-refractivity contribution is -0.160. The first-order chi connectivity index (χ1) is 10.0. The standard InChI is InChI=1S/C14H23N3O4/c1-10(18)16-7-8-17(12(9-16)14(20)21-2)13(19)11-3-5-15-6-4-11/h11-12,15H,3-9H2,1-2H3/t12-/m1/s1. The minimum Gasteiger partial charge on any atom is -0.467 e. The Morgan fingerprint density at radius 1 is 1.14 bits per heavy atom. The fourth-order valence-corrected chi connectivity index (χ4v) is 2.97. The summed E-state index contributed by atoms with van der Waals surface area (Å²) in [7, 11) is 1.31. The number of ether oxygens (including phenoxy) is 1. The molecule has 0 aromatic heterocycles. The number of methoxy groups -OCH3 is 1. The minimum atomic E-state index is -0.685. The Morgan fingerprint density at radius 3 is 2.38 bits per heavy atom. The molecule has 0 saturated carbocycles. The first kappa shape index (κ1) is 15.8. The molecule has 2 aliphatic heterocycles. The average molecular weight is 297 g/mol. The largest absolute Gasteiger partial charge is 0.467 e. The second-order valence-corrected chi connectivity index (χ2v) is 5.56. The molecule has 7 heteroatoms. The summed E-state index contributed by atoms with van der Waals surface area (Å²) in [5.74, 6) is -0.571. The zero-order valence-corrected chi connectivity index (χ0v) is 12.6. The quantitative estimate of drug-likeness (QED) is 0.676. The van der Waals surface area contributed by atoms with Crippen molar-refractivity contribution in [2.75, 3.05) is 39.8 Å². The molecule has 118 valence electrons. The molecule has 1 atom stereocenters. The van der Waals surface area contributed by atoms with Gasteiger partial charge in [0.25, 0.3) is 0 Å². The maximum Gasteiger partial charge on any atom is 0.330 e. The number of carbonyl (C=O) groups is 3. The summed E-state index contributed by atoms with van der Waals surface area (Å²) in [5, 5.41) is 3.22. The molecule has 2 rings (SSSR count). The highest BCUT2D eigenvalue weighted by molar-refractivity contribution is 5.87. The number of hydrogen-bond acceptors (Lipinski definition) is 5. The number of esters is 1. The van der Waals surface area contributed by atoms with E-state index >= 15 is 0 Å². The van der Waals surface area contributed by atoms with E-state index in [1.807, 2.05) is 0 Å². The highest BCUT2D eigenvalue weighted by atomic mass is 16.5. The van der Waals surface area contributed by atoms with Crippen LogP contribution < -0.4 is 5.32 Å². The van der Waals surface area contributed by atoms with Crippen molar-refractivity contribution < 1.29 is 19.1 Å². The summed E-state index contributed by atoms with van der Waals surface area (Å²) in [5.41, 5.74) is 0. The van der Waals surface area contributed by atoms with Gasteiger partial charge in [0.15, 0.2) is 0 Å². The average Bonchev–Trinajstić information content (AvgIpc) is 2.53. The first-order valence-corrected chi connectivity index (χ1v) is 7.39. The van der Waals surface area contributed by atoms with Gasteiger partial charge in [-0.15, -0.1) is 0 Å². The molecule has 1 N–H and O–H groups in total.